The fourth-order valence-corrected chi connectivity index (χ4v) is 4.36. The Morgan fingerprint density at radius 1 is 1.03 bits per heavy atom. The second-order valence-corrected chi connectivity index (χ2v) is 8.46. The lowest BCUT2D eigenvalue weighted by atomic mass is 9.95. The number of ketones is 1. The Balaban J connectivity index is 1.65. The van der Waals surface area contributed by atoms with Crippen molar-refractivity contribution in [2.24, 2.45) is 0 Å². The molecule has 0 saturated carbocycles. The van der Waals surface area contributed by atoms with Crippen LogP contribution in [-0.2, 0) is 4.79 Å². The first-order valence-electron chi connectivity index (χ1n) is 10.2. The Labute approximate surface area is 197 Å². The monoisotopic (exact) mass is 503 g/mol. The minimum Gasteiger partial charge on any atom is -0.503 e. The molecule has 0 aliphatic carbocycles. The molecule has 0 fully saturated rings. The number of Topliss-reactive ketones (excluding diaryl/α,β-unsaturated/α-hetero) is 1. The van der Waals surface area contributed by atoms with Crippen molar-refractivity contribution < 1.29 is 23.8 Å². The summed E-state index contributed by atoms with van der Waals surface area (Å²) in [6.07, 6.45) is 0. The Hall–Kier alpha value is -3.84. The van der Waals surface area contributed by atoms with E-state index in [0.717, 1.165) is 4.47 Å². The van der Waals surface area contributed by atoms with E-state index in [9.17, 15) is 14.7 Å². The van der Waals surface area contributed by atoms with Crippen molar-refractivity contribution in [1.82, 2.24) is 0 Å². The number of nitrogens with zero attached hydrogens (tertiary/aromatic N) is 1. The number of hydrogen-bond acceptors (Lipinski definition) is 5. The standard InChI is InChI=1S/C26H18BrNO5/c1-32-19-9-5-8-16-14-20(33-25(16)19)23(29)21-22(15-6-3-2-4-7-15)28(26(31)24(21)30)18-12-10-17(27)11-13-18/h2-14,22,30H,1H3. The number of fused-ring (bicyclic) bond motifs is 1. The molecule has 4 aromatic rings. The number of carbonyl (C=O) groups excluding carboxylic acids is 2. The Bertz CT molecular complexity index is 1410. The van der Waals surface area contributed by atoms with Crippen LogP contribution >= 0.6 is 15.9 Å². The summed E-state index contributed by atoms with van der Waals surface area (Å²) in [7, 11) is 1.52. The second kappa shape index (κ2) is 8.26. The van der Waals surface area contributed by atoms with Crippen molar-refractivity contribution in [2.45, 2.75) is 6.04 Å². The molecule has 6 nitrogen and oxygen atoms in total. The molecule has 1 atom stereocenters. The molecule has 0 saturated heterocycles. The van der Waals surface area contributed by atoms with Crippen LogP contribution in [0, 0.1) is 0 Å². The topological polar surface area (TPSA) is 80.0 Å². The number of aliphatic hydroxyl groups is 1. The molecule has 1 aromatic heterocycles. The number of carbonyl (C=O) groups is 2. The van der Waals surface area contributed by atoms with Gasteiger partial charge in [-0.25, -0.2) is 0 Å². The van der Waals surface area contributed by atoms with E-state index < -0.39 is 23.5 Å². The molecule has 3 aromatic carbocycles. The first-order valence-corrected chi connectivity index (χ1v) is 11.0. The molecular formula is C26H18BrNO5. The number of rotatable bonds is 5. The number of amides is 1. The highest BCUT2D eigenvalue weighted by Crippen LogP contribution is 2.42. The lowest BCUT2D eigenvalue weighted by Gasteiger charge is -2.26. The fourth-order valence-electron chi connectivity index (χ4n) is 4.10. The predicted octanol–water partition coefficient (Wildman–Crippen LogP) is 5.99. The van der Waals surface area contributed by atoms with E-state index in [2.05, 4.69) is 15.9 Å². The molecular weight excluding hydrogens is 486 g/mol. The maximum absolute atomic E-state index is 13.6. The molecule has 0 radical (unpaired) electrons. The third-order valence-electron chi connectivity index (χ3n) is 5.62. The van der Waals surface area contributed by atoms with E-state index in [1.165, 1.54) is 12.0 Å². The number of methoxy groups -OCH3 is 1. The van der Waals surface area contributed by atoms with Gasteiger partial charge in [0.1, 0.15) is 0 Å². The second-order valence-electron chi connectivity index (χ2n) is 7.55. The molecule has 0 spiro atoms. The number of benzene rings is 3. The van der Waals surface area contributed by atoms with Gasteiger partial charge in [0.15, 0.2) is 22.9 Å². The van der Waals surface area contributed by atoms with Crippen LogP contribution in [0.4, 0.5) is 5.69 Å². The molecule has 1 aliphatic rings. The molecule has 2 heterocycles. The summed E-state index contributed by atoms with van der Waals surface area (Å²) in [5.74, 6) is -1.30. The number of anilines is 1. The molecule has 164 valence electrons. The van der Waals surface area contributed by atoms with Gasteiger partial charge in [0.05, 0.1) is 18.7 Å². The highest BCUT2D eigenvalue weighted by molar-refractivity contribution is 9.10. The van der Waals surface area contributed by atoms with E-state index in [0.29, 0.717) is 28.0 Å². The summed E-state index contributed by atoms with van der Waals surface area (Å²) in [6, 6.07) is 22.3. The zero-order chi connectivity index (χ0) is 23.1. The Morgan fingerprint density at radius 3 is 2.45 bits per heavy atom. The number of furan rings is 1. The highest BCUT2D eigenvalue weighted by Gasteiger charge is 2.45. The Kier molecular flexibility index (Phi) is 5.26. The summed E-state index contributed by atoms with van der Waals surface area (Å²) in [5, 5.41) is 11.6. The predicted molar refractivity (Wildman–Crippen MR) is 128 cm³/mol. The van der Waals surface area contributed by atoms with Crippen molar-refractivity contribution in [3.63, 3.8) is 0 Å². The fraction of sp³-hybridized carbons (Fsp3) is 0.0769. The lowest BCUT2D eigenvalue weighted by Crippen LogP contribution is -2.31. The average Bonchev–Trinajstić information content (AvgIpc) is 3.39. The van der Waals surface area contributed by atoms with Gasteiger partial charge in [-0.15, -0.1) is 0 Å². The maximum Gasteiger partial charge on any atom is 0.294 e. The van der Waals surface area contributed by atoms with Crippen LogP contribution in [0.3, 0.4) is 0 Å². The molecule has 1 N–H and O–H groups in total. The molecule has 0 bridgehead atoms. The zero-order valence-electron chi connectivity index (χ0n) is 17.5. The summed E-state index contributed by atoms with van der Waals surface area (Å²) in [4.78, 5) is 28.3. The largest absolute Gasteiger partial charge is 0.503 e. The summed E-state index contributed by atoms with van der Waals surface area (Å²) < 4.78 is 12.0. The maximum atomic E-state index is 13.6. The van der Waals surface area contributed by atoms with Gasteiger partial charge in [0.25, 0.3) is 5.91 Å². The minimum atomic E-state index is -0.817. The van der Waals surface area contributed by atoms with Crippen LogP contribution in [0.15, 0.2) is 99.1 Å². The normalized spacial score (nSPS) is 16.0. The van der Waals surface area contributed by atoms with Crippen molar-refractivity contribution in [3.05, 3.63) is 106 Å². The van der Waals surface area contributed by atoms with Gasteiger partial charge in [-0.05, 0) is 42.0 Å². The molecule has 33 heavy (non-hydrogen) atoms. The first-order chi connectivity index (χ1) is 16.0. The summed E-state index contributed by atoms with van der Waals surface area (Å²) >= 11 is 3.40. The van der Waals surface area contributed by atoms with Gasteiger partial charge in [-0.2, -0.15) is 0 Å². The van der Waals surface area contributed by atoms with Crippen molar-refractivity contribution in [2.75, 3.05) is 12.0 Å². The van der Waals surface area contributed by atoms with E-state index in [4.69, 9.17) is 9.15 Å². The SMILES string of the molecule is COc1cccc2cc(C(=O)C3=C(O)C(=O)N(c4ccc(Br)cc4)C3c3ccccc3)oc12. The van der Waals surface area contributed by atoms with Gasteiger partial charge in [-0.1, -0.05) is 58.4 Å². The molecule has 5 rings (SSSR count). The van der Waals surface area contributed by atoms with Gasteiger partial charge < -0.3 is 14.3 Å². The molecule has 1 amide bonds. The van der Waals surface area contributed by atoms with Crippen LogP contribution < -0.4 is 9.64 Å². The highest BCUT2D eigenvalue weighted by atomic mass is 79.9. The number of ether oxygens (including phenoxy) is 1. The Morgan fingerprint density at radius 2 is 1.76 bits per heavy atom. The van der Waals surface area contributed by atoms with Crippen molar-refractivity contribution >= 4 is 44.3 Å². The minimum absolute atomic E-state index is 0.0161. The zero-order valence-corrected chi connectivity index (χ0v) is 19.1. The number of halogens is 1. The molecule has 1 aliphatic heterocycles. The van der Waals surface area contributed by atoms with E-state index in [1.807, 2.05) is 30.3 Å². The molecule has 7 heteroatoms. The number of aliphatic hydroxyl groups excluding tert-OH is 1. The van der Waals surface area contributed by atoms with Crippen LogP contribution in [0.1, 0.15) is 22.2 Å². The van der Waals surface area contributed by atoms with E-state index in [1.54, 1.807) is 48.5 Å². The smallest absolute Gasteiger partial charge is 0.294 e. The third kappa shape index (κ3) is 3.50. The lowest BCUT2D eigenvalue weighted by molar-refractivity contribution is -0.117. The van der Waals surface area contributed by atoms with Crippen LogP contribution in [0.5, 0.6) is 5.75 Å². The average molecular weight is 504 g/mol. The van der Waals surface area contributed by atoms with Gasteiger partial charge in [0, 0.05) is 15.5 Å². The van der Waals surface area contributed by atoms with E-state index >= 15 is 0 Å². The number of hydrogen-bond donors (Lipinski definition) is 1. The van der Waals surface area contributed by atoms with Gasteiger partial charge in [0.2, 0.25) is 5.78 Å². The van der Waals surface area contributed by atoms with Crippen LogP contribution in [-0.4, -0.2) is 23.9 Å². The summed E-state index contributed by atoms with van der Waals surface area (Å²) in [6.45, 7) is 0. The van der Waals surface area contributed by atoms with Gasteiger partial charge >= 0.3 is 0 Å². The van der Waals surface area contributed by atoms with Crippen LogP contribution in [0.25, 0.3) is 11.0 Å². The van der Waals surface area contributed by atoms with Crippen molar-refractivity contribution in [3.8, 4) is 5.75 Å². The van der Waals surface area contributed by atoms with Crippen LogP contribution in [0.2, 0.25) is 0 Å². The van der Waals surface area contributed by atoms with E-state index in [-0.39, 0.29) is 11.3 Å². The molecule has 1 unspecified atom stereocenters. The third-order valence-corrected chi connectivity index (χ3v) is 6.15. The van der Waals surface area contributed by atoms with Gasteiger partial charge in [-0.3, -0.25) is 14.5 Å². The first kappa shape index (κ1) is 21.0. The quantitative estimate of drug-likeness (QED) is 0.338. The summed E-state index contributed by atoms with van der Waals surface area (Å²) in [5.41, 5.74) is 1.63. The van der Waals surface area contributed by atoms with Crippen molar-refractivity contribution in [1.29, 1.82) is 0 Å². The number of para-hydroxylation sites is 1.